The van der Waals surface area contributed by atoms with Gasteiger partial charge in [0.1, 0.15) is 12.0 Å². The fraction of sp³-hybridized carbons (Fsp3) is 0.917. The largest absolute Gasteiger partial charge is 0.299 e. The zero-order chi connectivity index (χ0) is 12.5. The molecule has 94 valence electrons. The summed E-state index contributed by atoms with van der Waals surface area (Å²) in [6.45, 7) is 5.34. The van der Waals surface area contributed by atoms with E-state index in [4.69, 9.17) is 0 Å². The van der Waals surface area contributed by atoms with E-state index in [9.17, 15) is 18.0 Å². The van der Waals surface area contributed by atoms with E-state index in [0.717, 1.165) is 0 Å². The number of carbonyl (C=O) groups excluding carboxylic acids is 1. The van der Waals surface area contributed by atoms with Gasteiger partial charge in [0.2, 0.25) is 6.43 Å². The predicted molar refractivity (Wildman–Crippen MR) is 56.2 cm³/mol. The topological polar surface area (TPSA) is 17.1 Å². The summed E-state index contributed by atoms with van der Waals surface area (Å²) in [7, 11) is 0. The van der Waals surface area contributed by atoms with Crippen molar-refractivity contribution in [1.29, 1.82) is 0 Å². The zero-order valence-electron chi connectivity index (χ0n) is 9.97. The molecule has 1 aliphatic carbocycles. The highest BCUT2D eigenvalue weighted by Gasteiger charge is 2.40. The average Bonchev–Trinajstić information content (AvgIpc) is 2.14. The molecule has 1 saturated carbocycles. The Kier molecular flexibility index (Phi) is 4.02. The monoisotopic (exact) mass is 236 g/mol. The Morgan fingerprint density at radius 2 is 1.81 bits per heavy atom. The van der Waals surface area contributed by atoms with Crippen molar-refractivity contribution in [2.24, 2.45) is 17.3 Å². The van der Waals surface area contributed by atoms with Crippen molar-refractivity contribution >= 4 is 5.78 Å². The zero-order valence-corrected chi connectivity index (χ0v) is 9.97. The van der Waals surface area contributed by atoms with Crippen LogP contribution in [-0.4, -0.2) is 18.4 Å². The molecule has 0 radical (unpaired) electrons. The van der Waals surface area contributed by atoms with Gasteiger partial charge in [0, 0.05) is 11.3 Å². The van der Waals surface area contributed by atoms with Crippen molar-refractivity contribution in [3.8, 4) is 0 Å². The summed E-state index contributed by atoms with van der Waals surface area (Å²) in [5.74, 6) is -1.57. The van der Waals surface area contributed by atoms with Gasteiger partial charge in [-0.15, -0.1) is 0 Å². The molecule has 0 aromatic rings. The van der Waals surface area contributed by atoms with Crippen molar-refractivity contribution in [1.82, 2.24) is 0 Å². The molecule has 0 aromatic heterocycles. The smallest absolute Gasteiger partial charge is 0.244 e. The molecule has 0 aromatic carbocycles. The van der Waals surface area contributed by atoms with Gasteiger partial charge in [0.15, 0.2) is 0 Å². The van der Waals surface area contributed by atoms with Gasteiger partial charge in [0.05, 0.1) is 5.92 Å². The maximum atomic E-state index is 13.5. The second kappa shape index (κ2) is 4.76. The van der Waals surface area contributed by atoms with Crippen molar-refractivity contribution in [3.63, 3.8) is 0 Å². The van der Waals surface area contributed by atoms with Crippen LogP contribution >= 0.6 is 0 Å². The minimum Gasteiger partial charge on any atom is -0.299 e. The number of Topliss-reactive ketones (excluding diaryl/α,β-unsaturated/α-hetero) is 1. The normalized spacial score (nSPS) is 31.8. The Bertz CT molecular complexity index is 257. The molecule has 0 saturated heterocycles. The summed E-state index contributed by atoms with van der Waals surface area (Å²) < 4.78 is 38.3. The first-order chi connectivity index (χ1) is 7.23. The van der Waals surface area contributed by atoms with Gasteiger partial charge in [-0.3, -0.25) is 4.79 Å². The van der Waals surface area contributed by atoms with Crippen molar-refractivity contribution < 1.29 is 18.0 Å². The van der Waals surface area contributed by atoms with Crippen LogP contribution in [0.4, 0.5) is 13.2 Å². The first kappa shape index (κ1) is 13.5. The number of alkyl halides is 3. The fourth-order valence-electron chi connectivity index (χ4n) is 2.27. The molecule has 0 amide bonds. The van der Waals surface area contributed by atoms with Crippen LogP contribution in [0.15, 0.2) is 0 Å². The standard InChI is InChI=1S/C12H19F3O/c1-12(2,3)10(16)7-4-5-8(11(14)15)9(13)6-7/h7-9,11H,4-6H2,1-3H3. The Balaban J connectivity index is 2.62. The van der Waals surface area contributed by atoms with Gasteiger partial charge in [-0.25, -0.2) is 13.2 Å². The number of hydrogen-bond acceptors (Lipinski definition) is 1. The first-order valence-corrected chi connectivity index (χ1v) is 5.70. The highest BCUT2D eigenvalue weighted by atomic mass is 19.3. The molecule has 0 bridgehead atoms. The Hall–Kier alpha value is -0.540. The molecule has 1 rings (SSSR count). The van der Waals surface area contributed by atoms with Crippen LogP contribution in [0.2, 0.25) is 0 Å². The molecule has 1 fully saturated rings. The second-order valence-electron chi connectivity index (χ2n) is 5.64. The maximum Gasteiger partial charge on any atom is 0.244 e. The lowest BCUT2D eigenvalue weighted by molar-refractivity contribution is -0.133. The molecule has 0 heterocycles. The summed E-state index contributed by atoms with van der Waals surface area (Å²) in [6.07, 6.45) is -3.67. The predicted octanol–water partition coefficient (Wildman–Crippen LogP) is 3.62. The van der Waals surface area contributed by atoms with Gasteiger partial charge < -0.3 is 0 Å². The average molecular weight is 236 g/mol. The Morgan fingerprint density at radius 1 is 1.25 bits per heavy atom. The molecule has 0 aliphatic heterocycles. The minimum absolute atomic E-state index is 0.0112. The second-order valence-corrected chi connectivity index (χ2v) is 5.64. The molecule has 0 spiro atoms. The molecular weight excluding hydrogens is 217 g/mol. The molecule has 1 nitrogen and oxygen atoms in total. The lowest BCUT2D eigenvalue weighted by atomic mass is 9.73. The van der Waals surface area contributed by atoms with E-state index in [0.29, 0.717) is 6.42 Å². The van der Waals surface area contributed by atoms with Crippen molar-refractivity contribution in [3.05, 3.63) is 0 Å². The van der Waals surface area contributed by atoms with E-state index >= 15 is 0 Å². The molecule has 16 heavy (non-hydrogen) atoms. The quantitative estimate of drug-likeness (QED) is 0.715. The molecule has 4 heteroatoms. The van der Waals surface area contributed by atoms with Gasteiger partial charge in [-0.2, -0.15) is 0 Å². The highest BCUT2D eigenvalue weighted by molar-refractivity contribution is 5.86. The van der Waals surface area contributed by atoms with Gasteiger partial charge in [-0.1, -0.05) is 20.8 Å². The van der Waals surface area contributed by atoms with E-state index in [1.165, 1.54) is 0 Å². The van der Waals surface area contributed by atoms with Gasteiger partial charge >= 0.3 is 0 Å². The summed E-state index contributed by atoms with van der Waals surface area (Å²) in [4.78, 5) is 11.9. The highest BCUT2D eigenvalue weighted by Crippen LogP contribution is 2.38. The van der Waals surface area contributed by atoms with E-state index in [1.807, 2.05) is 0 Å². The third-order valence-electron chi connectivity index (χ3n) is 3.26. The van der Waals surface area contributed by atoms with E-state index < -0.39 is 23.9 Å². The summed E-state index contributed by atoms with van der Waals surface area (Å²) in [6, 6.07) is 0. The fourth-order valence-corrected chi connectivity index (χ4v) is 2.27. The number of carbonyl (C=O) groups is 1. The van der Waals surface area contributed by atoms with E-state index in [2.05, 4.69) is 0 Å². The van der Waals surface area contributed by atoms with Crippen LogP contribution in [0.5, 0.6) is 0 Å². The SMILES string of the molecule is CC(C)(C)C(=O)C1CCC(C(F)F)C(F)C1. The maximum absolute atomic E-state index is 13.5. The van der Waals surface area contributed by atoms with E-state index in [1.54, 1.807) is 20.8 Å². The summed E-state index contributed by atoms with van der Waals surface area (Å²) in [5.41, 5.74) is -0.512. The molecule has 3 atom stereocenters. The lowest BCUT2D eigenvalue weighted by Crippen LogP contribution is -2.37. The molecular formula is C12H19F3O. The molecule has 1 aliphatic rings. The molecule has 3 unspecified atom stereocenters. The Labute approximate surface area is 94.4 Å². The third kappa shape index (κ3) is 2.98. The van der Waals surface area contributed by atoms with Crippen LogP contribution in [0.1, 0.15) is 40.0 Å². The number of rotatable bonds is 2. The van der Waals surface area contributed by atoms with Crippen LogP contribution in [0, 0.1) is 17.3 Å². The van der Waals surface area contributed by atoms with Crippen LogP contribution in [0.25, 0.3) is 0 Å². The number of halogens is 3. The van der Waals surface area contributed by atoms with Gasteiger partial charge in [0.25, 0.3) is 0 Å². The van der Waals surface area contributed by atoms with Crippen LogP contribution < -0.4 is 0 Å². The number of ketones is 1. The van der Waals surface area contributed by atoms with E-state index in [-0.39, 0.29) is 24.5 Å². The van der Waals surface area contributed by atoms with Crippen LogP contribution in [-0.2, 0) is 4.79 Å². The van der Waals surface area contributed by atoms with Gasteiger partial charge in [-0.05, 0) is 19.3 Å². The number of hydrogen-bond donors (Lipinski definition) is 0. The first-order valence-electron chi connectivity index (χ1n) is 5.70. The van der Waals surface area contributed by atoms with Crippen molar-refractivity contribution in [2.45, 2.75) is 52.6 Å². The lowest BCUT2D eigenvalue weighted by Gasteiger charge is -2.33. The molecule has 0 N–H and O–H groups in total. The Morgan fingerprint density at radius 3 is 2.19 bits per heavy atom. The summed E-state index contributed by atoms with van der Waals surface area (Å²) >= 11 is 0. The van der Waals surface area contributed by atoms with Crippen molar-refractivity contribution in [2.75, 3.05) is 0 Å². The third-order valence-corrected chi connectivity index (χ3v) is 3.26. The summed E-state index contributed by atoms with van der Waals surface area (Å²) in [5, 5.41) is 0. The minimum atomic E-state index is -2.61. The van der Waals surface area contributed by atoms with Crippen LogP contribution in [0.3, 0.4) is 0 Å².